The second-order valence-electron chi connectivity index (χ2n) is 5.76. The Morgan fingerprint density at radius 1 is 1.44 bits per heavy atom. The summed E-state index contributed by atoms with van der Waals surface area (Å²) in [5, 5.41) is 3.34. The molecule has 0 radical (unpaired) electrons. The second-order valence-corrected chi connectivity index (χ2v) is 7.61. The molecule has 6 heteroatoms. The molecule has 0 aromatic carbocycles. The Morgan fingerprint density at radius 3 is 2.78 bits per heavy atom. The van der Waals surface area contributed by atoms with E-state index in [0.29, 0.717) is 24.8 Å². The van der Waals surface area contributed by atoms with Crippen LogP contribution in [0.1, 0.15) is 25.7 Å². The molecule has 0 bridgehead atoms. The van der Waals surface area contributed by atoms with Crippen LogP contribution in [0.3, 0.4) is 0 Å². The van der Waals surface area contributed by atoms with Crippen molar-refractivity contribution in [2.24, 2.45) is 11.3 Å². The van der Waals surface area contributed by atoms with E-state index < -0.39 is 10.0 Å². The molecule has 1 saturated carbocycles. The van der Waals surface area contributed by atoms with Crippen LogP contribution >= 0.6 is 0 Å². The van der Waals surface area contributed by atoms with Crippen molar-refractivity contribution in [2.75, 3.05) is 39.1 Å². The Morgan fingerprint density at radius 2 is 2.22 bits per heavy atom. The van der Waals surface area contributed by atoms with Gasteiger partial charge in [0.15, 0.2) is 0 Å². The maximum Gasteiger partial charge on any atom is 0.211 e. The summed E-state index contributed by atoms with van der Waals surface area (Å²) >= 11 is 0. The minimum atomic E-state index is -3.11. The van der Waals surface area contributed by atoms with Crippen molar-refractivity contribution in [2.45, 2.75) is 25.7 Å². The highest BCUT2D eigenvalue weighted by Gasteiger charge is 2.34. The molecule has 1 unspecified atom stereocenters. The molecule has 1 heterocycles. The lowest BCUT2D eigenvalue weighted by atomic mass is 9.81. The molecule has 2 aliphatic rings. The Bertz CT molecular complexity index is 354. The molecule has 2 rings (SSSR count). The van der Waals surface area contributed by atoms with E-state index in [1.807, 2.05) is 0 Å². The van der Waals surface area contributed by atoms with E-state index in [1.54, 1.807) is 7.11 Å². The lowest BCUT2D eigenvalue weighted by molar-refractivity contribution is 0.0622. The van der Waals surface area contributed by atoms with Gasteiger partial charge in [0.05, 0.1) is 12.4 Å². The quantitative estimate of drug-likeness (QED) is 0.703. The van der Waals surface area contributed by atoms with E-state index in [-0.39, 0.29) is 5.41 Å². The van der Waals surface area contributed by atoms with Gasteiger partial charge in [-0.2, -0.15) is 0 Å². The molecule has 0 aromatic rings. The molecule has 1 aliphatic carbocycles. The molecule has 18 heavy (non-hydrogen) atoms. The zero-order valence-electron chi connectivity index (χ0n) is 11.1. The van der Waals surface area contributed by atoms with Crippen molar-refractivity contribution >= 4 is 10.0 Å². The van der Waals surface area contributed by atoms with Crippen LogP contribution < -0.4 is 10.0 Å². The normalized spacial score (nSPS) is 29.4. The highest BCUT2D eigenvalue weighted by atomic mass is 32.2. The van der Waals surface area contributed by atoms with E-state index in [2.05, 4.69) is 10.0 Å². The standard InChI is InChI=1S/C12H24N2O3S/c1-17-10-12(5-2-6-13-8-12)9-14-18(15,16)7-11-3-4-11/h11,13-14H,2-10H2,1H3. The Balaban J connectivity index is 1.87. The Hall–Kier alpha value is -0.170. The number of piperidine rings is 1. The van der Waals surface area contributed by atoms with Gasteiger partial charge in [-0.05, 0) is 38.1 Å². The minimum absolute atomic E-state index is 0.0797. The molecule has 2 fully saturated rings. The molecule has 1 aliphatic heterocycles. The van der Waals surface area contributed by atoms with Crippen LogP contribution in [0.25, 0.3) is 0 Å². The van der Waals surface area contributed by atoms with Crippen molar-refractivity contribution in [1.82, 2.24) is 10.0 Å². The monoisotopic (exact) mass is 276 g/mol. The lowest BCUT2D eigenvalue weighted by Gasteiger charge is -2.37. The average Bonchev–Trinajstić information content (AvgIpc) is 3.12. The number of hydrogen-bond donors (Lipinski definition) is 2. The summed E-state index contributed by atoms with van der Waals surface area (Å²) in [6.45, 7) is 2.93. The van der Waals surface area contributed by atoms with Crippen molar-refractivity contribution in [3.8, 4) is 0 Å². The maximum atomic E-state index is 11.9. The summed E-state index contributed by atoms with van der Waals surface area (Å²) in [6, 6.07) is 0. The summed E-state index contributed by atoms with van der Waals surface area (Å²) in [5.74, 6) is 0.689. The number of hydrogen-bond acceptors (Lipinski definition) is 4. The predicted molar refractivity (Wildman–Crippen MR) is 70.9 cm³/mol. The molecule has 0 amide bonds. The smallest absolute Gasteiger partial charge is 0.211 e. The topological polar surface area (TPSA) is 67.4 Å². The van der Waals surface area contributed by atoms with Gasteiger partial charge in [-0.25, -0.2) is 13.1 Å². The van der Waals surface area contributed by atoms with Crippen molar-refractivity contribution < 1.29 is 13.2 Å². The lowest BCUT2D eigenvalue weighted by Crippen LogP contribution is -2.50. The van der Waals surface area contributed by atoms with Gasteiger partial charge in [-0.15, -0.1) is 0 Å². The third-order valence-corrected chi connectivity index (χ3v) is 5.32. The first kappa shape index (κ1) is 14.2. The number of methoxy groups -OCH3 is 1. The minimum Gasteiger partial charge on any atom is -0.384 e. The van der Waals surface area contributed by atoms with Crippen molar-refractivity contribution in [1.29, 1.82) is 0 Å². The van der Waals surface area contributed by atoms with Gasteiger partial charge in [-0.3, -0.25) is 0 Å². The summed E-state index contributed by atoms with van der Waals surface area (Å²) < 4.78 is 31.8. The SMILES string of the molecule is COCC1(CNS(=O)(=O)CC2CC2)CCCNC1. The maximum absolute atomic E-state index is 11.9. The van der Waals surface area contributed by atoms with E-state index in [1.165, 1.54) is 0 Å². The van der Waals surface area contributed by atoms with Crippen LogP contribution in [0.2, 0.25) is 0 Å². The molecule has 1 saturated heterocycles. The van der Waals surface area contributed by atoms with Crippen LogP contribution in [0.4, 0.5) is 0 Å². The van der Waals surface area contributed by atoms with Gasteiger partial charge in [-0.1, -0.05) is 0 Å². The molecule has 0 aromatic heterocycles. The summed E-state index contributed by atoms with van der Waals surface area (Å²) in [4.78, 5) is 0. The molecular formula is C12H24N2O3S. The predicted octanol–water partition coefficient (Wildman–Crippen LogP) is 0.332. The van der Waals surface area contributed by atoms with E-state index in [9.17, 15) is 8.42 Å². The molecule has 1 atom stereocenters. The van der Waals surface area contributed by atoms with Gasteiger partial charge >= 0.3 is 0 Å². The molecule has 106 valence electrons. The zero-order valence-corrected chi connectivity index (χ0v) is 11.9. The van der Waals surface area contributed by atoms with Crippen LogP contribution in [0, 0.1) is 11.3 Å². The summed E-state index contributed by atoms with van der Waals surface area (Å²) in [5.41, 5.74) is -0.0797. The van der Waals surface area contributed by atoms with Gasteiger partial charge in [0.2, 0.25) is 10.0 Å². The molecule has 0 spiro atoms. The fraction of sp³-hybridized carbons (Fsp3) is 1.00. The Kier molecular flexibility index (Phi) is 4.64. The first-order valence-corrected chi connectivity index (χ1v) is 8.37. The van der Waals surface area contributed by atoms with Crippen molar-refractivity contribution in [3.05, 3.63) is 0 Å². The third-order valence-electron chi connectivity index (χ3n) is 3.83. The molecule has 2 N–H and O–H groups in total. The van der Waals surface area contributed by atoms with Crippen molar-refractivity contribution in [3.63, 3.8) is 0 Å². The third kappa shape index (κ3) is 4.19. The van der Waals surface area contributed by atoms with Crippen LogP contribution in [-0.2, 0) is 14.8 Å². The second kappa shape index (κ2) is 5.86. The van der Waals surface area contributed by atoms with E-state index >= 15 is 0 Å². The Labute approximate surface area is 110 Å². The largest absolute Gasteiger partial charge is 0.384 e. The van der Waals surface area contributed by atoms with Gasteiger partial charge in [0.25, 0.3) is 0 Å². The average molecular weight is 276 g/mol. The molecular weight excluding hydrogens is 252 g/mol. The highest BCUT2D eigenvalue weighted by Crippen LogP contribution is 2.30. The first-order valence-electron chi connectivity index (χ1n) is 6.72. The van der Waals surface area contributed by atoms with Gasteiger partial charge < -0.3 is 10.1 Å². The van der Waals surface area contributed by atoms with Crippen LogP contribution in [0.5, 0.6) is 0 Å². The zero-order chi connectivity index (χ0) is 13.1. The number of nitrogens with one attached hydrogen (secondary N) is 2. The van der Waals surface area contributed by atoms with Crippen LogP contribution in [0.15, 0.2) is 0 Å². The first-order chi connectivity index (χ1) is 8.55. The fourth-order valence-corrected chi connectivity index (χ4v) is 4.18. The highest BCUT2D eigenvalue weighted by molar-refractivity contribution is 7.89. The van der Waals surface area contributed by atoms with E-state index in [0.717, 1.165) is 38.8 Å². The summed E-state index contributed by atoms with van der Waals surface area (Å²) in [6.07, 6.45) is 4.21. The number of sulfonamides is 1. The number of ether oxygens (including phenoxy) is 1. The summed E-state index contributed by atoms with van der Waals surface area (Å²) in [7, 11) is -1.43. The molecule has 5 nitrogen and oxygen atoms in total. The van der Waals surface area contributed by atoms with Crippen LogP contribution in [-0.4, -0.2) is 47.5 Å². The van der Waals surface area contributed by atoms with Gasteiger partial charge in [0.1, 0.15) is 0 Å². The van der Waals surface area contributed by atoms with E-state index in [4.69, 9.17) is 4.74 Å². The number of rotatable bonds is 7. The fourth-order valence-electron chi connectivity index (χ4n) is 2.58. The van der Waals surface area contributed by atoms with Gasteiger partial charge in [0, 0.05) is 25.6 Å².